The van der Waals surface area contributed by atoms with Crippen LogP contribution in [0.5, 0.6) is 0 Å². The first kappa shape index (κ1) is 24.3. The lowest BCUT2D eigenvalue weighted by Crippen LogP contribution is -2.40. The molecule has 3 N–H and O–H groups in total. The smallest absolute Gasteiger partial charge is 0.274 e. The summed E-state index contributed by atoms with van der Waals surface area (Å²) in [6.07, 6.45) is 9.04. The van der Waals surface area contributed by atoms with Crippen molar-refractivity contribution in [1.82, 2.24) is 24.5 Å². The molecule has 3 heterocycles. The molecule has 2 fully saturated rings. The minimum absolute atomic E-state index is 0.0447. The number of carbonyl (C=O) groups is 1. The van der Waals surface area contributed by atoms with Crippen molar-refractivity contribution in [3.8, 4) is 0 Å². The number of rotatable bonds is 8. The van der Waals surface area contributed by atoms with E-state index in [0.717, 1.165) is 38.5 Å². The lowest BCUT2D eigenvalue weighted by atomic mass is 9.89. The van der Waals surface area contributed by atoms with Gasteiger partial charge < -0.3 is 30.0 Å². The predicted octanol–water partition coefficient (Wildman–Crippen LogP) is 2.71. The van der Waals surface area contributed by atoms with Crippen molar-refractivity contribution in [2.24, 2.45) is 0 Å². The fraction of sp³-hybridized carbons (Fsp3) is 0.520. The van der Waals surface area contributed by atoms with Gasteiger partial charge in [0.05, 0.1) is 18.4 Å². The number of aromatic nitrogens is 4. The molecule has 2 aliphatic rings. The van der Waals surface area contributed by atoms with Gasteiger partial charge in [-0.15, -0.1) is 0 Å². The number of hydrogen-bond donors (Lipinski definition) is 3. The van der Waals surface area contributed by atoms with Gasteiger partial charge in [-0.3, -0.25) is 9.59 Å². The maximum absolute atomic E-state index is 13.2. The topological polar surface area (TPSA) is 124 Å². The Hall–Kier alpha value is -3.44. The van der Waals surface area contributed by atoms with E-state index in [9.17, 15) is 9.59 Å². The normalized spacial score (nSPS) is 23.8. The van der Waals surface area contributed by atoms with Crippen molar-refractivity contribution in [3.05, 3.63) is 46.5 Å². The van der Waals surface area contributed by atoms with E-state index in [1.807, 2.05) is 6.07 Å². The number of ether oxygens (including phenoxy) is 2. The molecule has 192 valence electrons. The first-order valence-electron chi connectivity index (χ1n) is 12.4. The molecule has 0 aliphatic heterocycles. The van der Waals surface area contributed by atoms with E-state index in [1.165, 1.54) is 6.20 Å². The molecule has 2 aliphatic carbocycles. The maximum atomic E-state index is 13.2. The van der Waals surface area contributed by atoms with Gasteiger partial charge in [0.25, 0.3) is 11.5 Å². The molecular weight excluding hydrogens is 462 g/mol. The van der Waals surface area contributed by atoms with Crippen LogP contribution in [0.25, 0.3) is 5.65 Å². The van der Waals surface area contributed by atoms with Crippen LogP contribution in [0, 0.1) is 0 Å². The van der Waals surface area contributed by atoms with E-state index >= 15 is 0 Å². The summed E-state index contributed by atoms with van der Waals surface area (Å²) in [5, 5.41) is 13.7. The highest BCUT2D eigenvalue weighted by Gasteiger charge is 2.31. The number of hydrogen-bond acceptors (Lipinski definition) is 8. The largest absolute Gasteiger partial charge is 0.381 e. The van der Waals surface area contributed by atoms with Crippen LogP contribution in [0.4, 0.5) is 17.3 Å². The number of pyridine rings is 1. The summed E-state index contributed by atoms with van der Waals surface area (Å²) in [4.78, 5) is 31.0. The second kappa shape index (κ2) is 10.3. The number of nitrogens with one attached hydrogen (secondary N) is 3. The first-order chi connectivity index (χ1) is 17.5. The highest BCUT2D eigenvalue weighted by atomic mass is 16.5. The highest BCUT2D eigenvalue weighted by molar-refractivity contribution is 6.00. The van der Waals surface area contributed by atoms with Crippen molar-refractivity contribution in [3.63, 3.8) is 0 Å². The summed E-state index contributed by atoms with van der Waals surface area (Å²) in [7, 11) is 5.17. The average Bonchev–Trinajstić information content (AvgIpc) is 3.29. The third-order valence-electron chi connectivity index (χ3n) is 7.30. The minimum atomic E-state index is -0.224. The Kier molecular flexibility index (Phi) is 6.92. The number of methoxy groups -OCH3 is 2. The summed E-state index contributed by atoms with van der Waals surface area (Å²) >= 11 is 0. The molecule has 3 aromatic heterocycles. The third-order valence-corrected chi connectivity index (χ3v) is 7.30. The van der Waals surface area contributed by atoms with Crippen LogP contribution in [-0.4, -0.2) is 64.6 Å². The van der Waals surface area contributed by atoms with Crippen LogP contribution < -0.4 is 21.5 Å². The van der Waals surface area contributed by atoms with Crippen molar-refractivity contribution < 1.29 is 14.3 Å². The molecule has 0 spiro atoms. The quantitative estimate of drug-likeness (QED) is 0.436. The average molecular weight is 496 g/mol. The number of anilines is 3. The van der Waals surface area contributed by atoms with Crippen molar-refractivity contribution in [2.45, 2.75) is 62.8 Å². The molecule has 0 radical (unpaired) electrons. The predicted molar refractivity (Wildman–Crippen MR) is 136 cm³/mol. The van der Waals surface area contributed by atoms with Gasteiger partial charge in [-0.05, 0) is 50.7 Å². The summed E-state index contributed by atoms with van der Waals surface area (Å²) < 4.78 is 14.2. The molecule has 1 amide bonds. The molecule has 11 nitrogen and oxygen atoms in total. The highest BCUT2D eigenvalue weighted by Crippen LogP contribution is 2.33. The molecule has 0 aromatic carbocycles. The fourth-order valence-electron chi connectivity index (χ4n) is 5.11. The van der Waals surface area contributed by atoms with E-state index in [-0.39, 0.29) is 35.8 Å². The summed E-state index contributed by atoms with van der Waals surface area (Å²) in [6.45, 7) is 0. The second-order valence-electron chi connectivity index (χ2n) is 9.51. The van der Waals surface area contributed by atoms with E-state index < -0.39 is 0 Å². The molecular formula is C25H33N7O4. The van der Waals surface area contributed by atoms with Gasteiger partial charge in [0.15, 0.2) is 5.65 Å². The Morgan fingerprint density at radius 1 is 1.14 bits per heavy atom. The van der Waals surface area contributed by atoms with Crippen LogP contribution in [-0.2, 0) is 9.47 Å². The Balaban J connectivity index is 1.40. The van der Waals surface area contributed by atoms with E-state index in [4.69, 9.17) is 9.47 Å². The van der Waals surface area contributed by atoms with E-state index in [1.54, 1.807) is 48.7 Å². The molecule has 5 rings (SSSR count). The monoisotopic (exact) mass is 495 g/mol. The molecule has 2 atom stereocenters. The van der Waals surface area contributed by atoms with Crippen LogP contribution in [0.15, 0.2) is 35.4 Å². The van der Waals surface area contributed by atoms with Gasteiger partial charge >= 0.3 is 0 Å². The van der Waals surface area contributed by atoms with Crippen LogP contribution >= 0.6 is 0 Å². The van der Waals surface area contributed by atoms with Crippen molar-refractivity contribution >= 4 is 28.9 Å². The lowest BCUT2D eigenvalue weighted by molar-refractivity contribution is 0.00522. The fourth-order valence-corrected chi connectivity index (χ4v) is 5.11. The summed E-state index contributed by atoms with van der Waals surface area (Å²) in [6, 6.07) is 5.50. The Bertz CT molecular complexity index is 1300. The number of nitrogens with zero attached hydrogens (tertiary/aromatic N) is 4. The standard InChI is InChI=1S/C25H33N7O4/c1-26-22-13-21(29-20-8-5-9-31(25(20)34)16-11-18(12-16)36-3)30-23-19(14-27-32(22)23)24(33)28-15-6-4-7-17(10-15)35-2/h5,8-9,13-18,26H,4,6-7,10-12H2,1-3H3,(H,28,33)(H,29,30)/t15?,16-,17-,18+/m1/s1. The van der Waals surface area contributed by atoms with Crippen molar-refractivity contribution in [1.29, 1.82) is 0 Å². The molecule has 0 bridgehead atoms. The SMILES string of the molecule is CNc1cc(Nc2cccn([C@H]3C[C@@H](OC)C3)c2=O)nc2c(C(=O)NC3CCC[C@@H](OC)C3)cnn12. The van der Waals surface area contributed by atoms with Gasteiger partial charge in [-0.2, -0.15) is 9.61 Å². The van der Waals surface area contributed by atoms with Crippen LogP contribution in [0.2, 0.25) is 0 Å². The van der Waals surface area contributed by atoms with Gasteiger partial charge in [-0.25, -0.2) is 4.98 Å². The Morgan fingerprint density at radius 3 is 2.69 bits per heavy atom. The first-order valence-corrected chi connectivity index (χ1v) is 12.4. The van der Waals surface area contributed by atoms with E-state index in [0.29, 0.717) is 28.5 Å². The number of fused-ring (bicyclic) bond motifs is 1. The zero-order valence-electron chi connectivity index (χ0n) is 20.9. The molecule has 3 aromatic rings. The second-order valence-corrected chi connectivity index (χ2v) is 9.51. The summed E-state index contributed by atoms with van der Waals surface area (Å²) in [5.41, 5.74) is 1.07. The Labute approximate surface area is 209 Å². The van der Waals surface area contributed by atoms with Crippen LogP contribution in [0.1, 0.15) is 54.9 Å². The van der Waals surface area contributed by atoms with E-state index in [2.05, 4.69) is 26.0 Å². The Morgan fingerprint density at radius 2 is 1.94 bits per heavy atom. The van der Waals surface area contributed by atoms with Gasteiger partial charge in [0.1, 0.15) is 22.9 Å². The molecule has 11 heteroatoms. The maximum Gasteiger partial charge on any atom is 0.274 e. The third kappa shape index (κ3) is 4.68. The zero-order chi connectivity index (χ0) is 25.2. The minimum Gasteiger partial charge on any atom is -0.381 e. The number of carbonyl (C=O) groups excluding carboxylic acids is 1. The van der Waals surface area contributed by atoms with Crippen LogP contribution in [0.3, 0.4) is 0 Å². The van der Waals surface area contributed by atoms with Gasteiger partial charge in [0.2, 0.25) is 0 Å². The zero-order valence-corrected chi connectivity index (χ0v) is 20.9. The molecule has 1 unspecified atom stereocenters. The lowest BCUT2D eigenvalue weighted by Gasteiger charge is -2.35. The molecule has 0 saturated heterocycles. The van der Waals surface area contributed by atoms with Gasteiger partial charge in [-0.1, -0.05) is 0 Å². The number of amides is 1. The summed E-state index contributed by atoms with van der Waals surface area (Å²) in [5.74, 6) is 0.854. The molecule has 2 saturated carbocycles. The molecule has 36 heavy (non-hydrogen) atoms. The van der Waals surface area contributed by atoms with Gasteiger partial charge in [0, 0.05) is 45.6 Å². The van der Waals surface area contributed by atoms with Crippen molar-refractivity contribution in [2.75, 3.05) is 31.9 Å².